The first kappa shape index (κ1) is 12.6. The van der Waals surface area contributed by atoms with Gasteiger partial charge in [-0.25, -0.2) is 13.8 Å². The summed E-state index contributed by atoms with van der Waals surface area (Å²) in [7, 11) is 0. The van der Waals surface area contributed by atoms with Crippen molar-refractivity contribution in [2.45, 2.75) is 27.7 Å². The number of nitrogens with zero attached hydrogens (tertiary/aromatic N) is 2. The van der Waals surface area contributed by atoms with E-state index in [9.17, 15) is 8.78 Å². The molecule has 94 valence electrons. The molecule has 0 atom stereocenters. The van der Waals surface area contributed by atoms with Gasteiger partial charge in [-0.2, -0.15) is 0 Å². The molecule has 4 heteroatoms. The van der Waals surface area contributed by atoms with Crippen LogP contribution in [0.15, 0.2) is 12.1 Å². The second-order valence-corrected chi connectivity index (χ2v) is 4.39. The lowest BCUT2D eigenvalue weighted by atomic mass is 10.0. The van der Waals surface area contributed by atoms with Crippen LogP contribution in [0.1, 0.15) is 22.6 Å². The Kier molecular flexibility index (Phi) is 3.11. The van der Waals surface area contributed by atoms with Crippen LogP contribution in [0.3, 0.4) is 0 Å². The van der Waals surface area contributed by atoms with Gasteiger partial charge in [-0.1, -0.05) is 0 Å². The first-order valence-electron chi connectivity index (χ1n) is 5.68. The summed E-state index contributed by atoms with van der Waals surface area (Å²) in [6.45, 7) is 7.09. The zero-order chi connectivity index (χ0) is 13.4. The monoisotopic (exact) mass is 248 g/mol. The van der Waals surface area contributed by atoms with Crippen molar-refractivity contribution in [1.82, 2.24) is 9.97 Å². The number of hydrogen-bond donors (Lipinski definition) is 0. The van der Waals surface area contributed by atoms with Crippen LogP contribution in [0.25, 0.3) is 11.3 Å². The molecule has 0 aliphatic carbocycles. The van der Waals surface area contributed by atoms with E-state index in [1.807, 2.05) is 13.8 Å². The van der Waals surface area contributed by atoms with Gasteiger partial charge in [-0.3, -0.25) is 4.98 Å². The highest BCUT2D eigenvalue weighted by Gasteiger charge is 2.14. The molecule has 1 aromatic heterocycles. The number of rotatable bonds is 1. The lowest BCUT2D eigenvalue weighted by molar-refractivity contribution is 0.578. The van der Waals surface area contributed by atoms with Gasteiger partial charge >= 0.3 is 0 Å². The Labute approximate surface area is 105 Å². The molecule has 0 bridgehead atoms. The average molecular weight is 248 g/mol. The van der Waals surface area contributed by atoms with Gasteiger partial charge < -0.3 is 0 Å². The standard InChI is InChI=1S/C14H14F2N2/c1-7-12(5-11(15)6-13(7)16)14-10(4)17-8(2)9(3)18-14/h5-6H,1-4H3. The third-order valence-electron chi connectivity index (χ3n) is 3.05. The van der Waals surface area contributed by atoms with Crippen molar-refractivity contribution in [3.8, 4) is 11.3 Å². The molecule has 0 amide bonds. The number of benzene rings is 1. The van der Waals surface area contributed by atoms with E-state index in [2.05, 4.69) is 9.97 Å². The molecule has 0 saturated carbocycles. The van der Waals surface area contributed by atoms with E-state index < -0.39 is 11.6 Å². The predicted octanol–water partition coefficient (Wildman–Crippen LogP) is 3.66. The molecular weight excluding hydrogens is 234 g/mol. The maximum atomic E-state index is 13.5. The SMILES string of the molecule is Cc1nc(C)c(-c2cc(F)cc(F)c2C)nc1C. The molecule has 18 heavy (non-hydrogen) atoms. The molecule has 0 aliphatic rings. The summed E-state index contributed by atoms with van der Waals surface area (Å²) >= 11 is 0. The minimum Gasteiger partial charge on any atom is -0.254 e. The van der Waals surface area contributed by atoms with Gasteiger partial charge in [-0.05, 0) is 39.3 Å². The fourth-order valence-electron chi connectivity index (χ4n) is 1.86. The van der Waals surface area contributed by atoms with Gasteiger partial charge in [-0.15, -0.1) is 0 Å². The summed E-state index contributed by atoms with van der Waals surface area (Å²) in [6, 6.07) is 2.17. The number of aromatic nitrogens is 2. The van der Waals surface area contributed by atoms with E-state index in [-0.39, 0.29) is 0 Å². The van der Waals surface area contributed by atoms with Gasteiger partial charge in [0.05, 0.1) is 22.8 Å². The van der Waals surface area contributed by atoms with E-state index in [0.717, 1.165) is 17.5 Å². The van der Waals surface area contributed by atoms with Gasteiger partial charge in [0, 0.05) is 11.6 Å². The maximum absolute atomic E-state index is 13.5. The summed E-state index contributed by atoms with van der Waals surface area (Å²) < 4.78 is 26.9. The second kappa shape index (κ2) is 4.44. The topological polar surface area (TPSA) is 25.8 Å². The molecule has 0 fully saturated rings. The Morgan fingerprint density at radius 3 is 2.11 bits per heavy atom. The van der Waals surface area contributed by atoms with Gasteiger partial charge in [0.25, 0.3) is 0 Å². The highest BCUT2D eigenvalue weighted by atomic mass is 19.1. The van der Waals surface area contributed by atoms with Crippen LogP contribution in [-0.4, -0.2) is 9.97 Å². The lowest BCUT2D eigenvalue weighted by Crippen LogP contribution is -2.01. The molecule has 0 N–H and O–H groups in total. The number of halogens is 2. The molecule has 0 aliphatic heterocycles. The first-order valence-corrected chi connectivity index (χ1v) is 5.68. The Morgan fingerprint density at radius 1 is 0.833 bits per heavy atom. The van der Waals surface area contributed by atoms with Gasteiger partial charge in [0.2, 0.25) is 0 Å². The third kappa shape index (κ3) is 2.10. The summed E-state index contributed by atoms with van der Waals surface area (Å²) in [6.07, 6.45) is 0. The number of hydrogen-bond acceptors (Lipinski definition) is 2. The molecular formula is C14H14F2N2. The summed E-state index contributed by atoms with van der Waals surface area (Å²) in [5, 5.41) is 0. The quantitative estimate of drug-likeness (QED) is 0.769. The van der Waals surface area contributed by atoms with E-state index in [4.69, 9.17) is 0 Å². The molecule has 1 aromatic carbocycles. The fraction of sp³-hybridized carbons (Fsp3) is 0.286. The van der Waals surface area contributed by atoms with Crippen molar-refractivity contribution in [2.75, 3.05) is 0 Å². The molecule has 2 aromatic rings. The molecule has 1 heterocycles. The smallest absolute Gasteiger partial charge is 0.129 e. The third-order valence-corrected chi connectivity index (χ3v) is 3.05. The average Bonchev–Trinajstić information content (AvgIpc) is 2.29. The zero-order valence-corrected chi connectivity index (χ0v) is 10.8. The highest BCUT2D eigenvalue weighted by molar-refractivity contribution is 5.66. The van der Waals surface area contributed by atoms with Crippen molar-refractivity contribution < 1.29 is 8.78 Å². The van der Waals surface area contributed by atoms with Crippen molar-refractivity contribution in [3.05, 3.63) is 46.4 Å². The predicted molar refractivity (Wildman–Crippen MR) is 66.3 cm³/mol. The van der Waals surface area contributed by atoms with Crippen LogP contribution in [0.5, 0.6) is 0 Å². The molecule has 2 nitrogen and oxygen atoms in total. The van der Waals surface area contributed by atoms with E-state index in [1.165, 1.54) is 6.07 Å². The van der Waals surface area contributed by atoms with E-state index in [1.54, 1.807) is 13.8 Å². The Hall–Kier alpha value is -1.84. The largest absolute Gasteiger partial charge is 0.254 e. The van der Waals surface area contributed by atoms with Gasteiger partial charge in [0.15, 0.2) is 0 Å². The Balaban J connectivity index is 2.73. The van der Waals surface area contributed by atoms with Crippen LogP contribution in [0, 0.1) is 39.3 Å². The maximum Gasteiger partial charge on any atom is 0.129 e. The second-order valence-electron chi connectivity index (χ2n) is 4.39. The van der Waals surface area contributed by atoms with Crippen molar-refractivity contribution in [3.63, 3.8) is 0 Å². The highest BCUT2D eigenvalue weighted by Crippen LogP contribution is 2.27. The molecule has 0 radical (unpaired) electrons. The Morgan fingerprint density at radius 2 is 1.44 bits per heavy atom. The van der Waals surface area contributed by atoms with Crippen molar-refractivity contribution in [2.24, 2.45) is 0 Å². The normalized spacial score (nSPS) is 10.8. The molecule has 0 unspecified atom stereocenters. The summed E-state index contributed by atoms with van der Waals surface area (Å²) in [5.41, 5.74) is 3.64. The van der Waals surface area contributed by atoms with E-state index >= 15 is 0 Å². The van der Waals surface area contributed by atoms with Crippen molar-refractivity contribution in [1.29, 1.82) is 0 Å². The minimum atomic E-state index is -0.604. The fourth-order valence-corrected chi connectivity index (χ4v) is 1.86. The van der Waals surface area contributed by atoms with Crippen LogP contribution in [0.2, 0.25) is 0 Å². The lowest BCUT2D eigenvalue weighted by Gasteiger charge is -2.11. The Bertz CT molecular complexity index is 622. The first-order chi connectivity index (χ1) is 8.40. The summed E-state index contributed by atoms with van der Waals surface area (Å²) in [4.78, 5) is 8.73. The van der Waals surface area contributed by atoms with Gasteiger partial charge in [0.1, 0.15) is 11.6 Å². The zero-order valence-electron chi connectivity index (χ0n) is 10.8. The van der Waals surface area contributed by atoms with Crippen LogP contribution >= 0.6 is 0 Å². The van der Waals surface area contributed by atoms with E-state index in [0.29, 0.717) is 22.5 Å². The summed E-state index contributed by atoms with van der Waals surface area (Å²) in [5.74, 6) is -1.17. The molecule has 2 rings (SSSR count). The van der Waals surface area contributed by atoms with Crippen LogP contribution < -0.4 is 0 Å². The van der Waals surface area contributed by atoms with Crippen LogP contribution in [-0.2, 0) is 0 Å². The number of aryl methyl sites for hydroxylation is 3. The van der Waals surface area contributed by atoms with Crippen LogP contribution in [0.4, 0.5) is 8.78 Å². The molecule has 0 saturated heterocycles. The van der Waals surface area contributed by atoms with Crippen molar-refractivity contribution >= 4 is 0 Å². The minimum absolute atomic E-state index is 0.386. The molecule has 0 spiro atoms.